The van der Waals surface area contributed by atoms with Gasteiger partial charge in [-0.15, -0.1) is 0 Å². The molecule has 4 rings (SSSR count). The molecule has 158 valence electrons. The third-order valence-corrected chi connectivity index (χ3v) is 6.13. The first-order valence-corrected chi connectivity index (χ1v) is 10.7. The maximum absolute atomic E-state index is 13.0. The van der Waals surface area contributed by atoms with Crippen LogP contribution >= 0.6 is 11.8 Å². The fraction of sp³-hybridized carbons (Fsp3) is 0.227. The quantitative estimate of drug-likeness (QED) is 0.444. The summed E-state index contributed by atoms with van der Waals surface area (Å²) in [5.41, 5.74) is 1.39. The van der Waals surface area contributed by atoms with Crippen LogP contribution in [0.15, 0.2) is 70.7 Å². The third kappa shape index (κ3) is 4.83. The van der Waals surface area contributed by atoms with Crippen molar-refractivity contribution in [3.05, 3.63) is 82.2 Å². The average molecular weight is 436 g/mol. The lowest BCUT2D eigenvalue weighted by molar-refractivity contribution is -0.387. The molecule has 1 amide bonds. The first-order chi connectivity index (χ1) is 15.0. The summed E-state index contributed by atoms with van der Waals surface area (Å²) < 4.78 is 0. The van der Waals surface area contributed by atoms with E-state index in [-0.39, 0.29) is 11.6 Å². The van der Waals surface area contributed by atoms with E-state index in [1.165, 1.54) is 17.8 Å². The summed E-state index contributed by atoms with van der Waals surface area (Å²) >= 11 is 1.32. The maximum Gasteiger partial charge on any atom is 0.284 e. The highest BCUT2D eigenvalue weighted by molar-refractivity contribution is 7.99. The number of nitrogens with zero attached hydrogens (tertiary/aromatic N) is 5. The molecule has 2 heterocycles. The molecule has 1 fully saturated rings. The number of amides is 1. The molecule has 2 aromatic carbocycles. The van der Waals surface area contributed by atoms with Crippen LogP contribution in [-0.2, 0) is 0 Å². The van der Waals surface area contributed by atoms with Gasteiger partial charge < -0.3 is 9.80 Å². The van der Waals surface area contributed by atoms with Crippen molar-refractivity contribution in [2.75, 3.05) is 31.1 Å². The number of hydrogen-bond acceptors (Lipinski definition) is 7. The van der Waals surface area contributed by atoms with Crippen molar-refractivity contribution >= 4 is 29.3 Å². The van der Waals surface area contributed by atoms with Gasteiger partial charge in [0.25, 0.3) is 11.6 Å². The second kappa shape index (κ2) is 9.13. The van der Waals surface area contributed by atoms with Crippen molar-refractivity contribution in [1.82, 2.24) is 14.9 Å². The summed E-state index contributed by atoms with van der Waals surface area (Å²) in [5.74, 6) is 0.436. The van der Waals surface area contributed by atoms with Gasteiger partial charge in [0.15, 0.2) is 0 Å². The fourth-order valence-corrected chi connectivity index (χ4v) is 4.26. The number of carbonyl (C=O) groups is 1. The summed E-state index contributed by atoms with van der Waals surface area (Å²) in [6, 6.07) is 14.3. The van der Waals surface area contributed by atoms with Crippen molar-refractivity contribution in [2.45, 2.75) is 16.7 Å². The van der Waals surface area contributed by atoms with Gasteiger partial charge in [0, 0.05) is 55.1 Å². The van der Waals surface area contributed by atoms with Gasteiger partial charge >= 0.3 is 0 Å². The van der Waals surface area contributed by atoms with Gasteiger partial charge in [-0.05, 0) is 37.3 Å². The zero-order valence-electron chi connectivity index (χ0n) is 17.0. The van der Waals surface area contributed by atoms with Gasteiger partial charge in [-0.3, -0.25) is 14.9 Å². The van der Waals surface area contributed by atoms with Crippen molar-refractivity contribution in [3.63, 3.8) is 0 Å². The number of piperazine rings is 1. The monoisotopic (exact) mass is 435 g/mol. The standard InChI is InChI=1S/C22H21N5O3S/c1-16-3-6-18(7-4-16)31-20-8-5-17(15-19(20)27(29)30)21(28)25-11-13-26(14-12-25)22-23-9-2-10-24-22/h2-10,15H,11-14H2,1H3. The molecule has 0 radical (unpaired) electrons. The third-order valence-electron chi connectivity index (χ3n) is 5.05. The summed E-state index contributed by atoms with van der Waals surface area (Å²) in [6.45, 7) is 4.22. The largest absolute Gasteiger partial charge is 0.337 e. The Labute approximate surface area is 184 Å². The number of anilines is 1. The van der Waals surface area contributed by atoms with Crippen LogP contribution in [0.3, 0.4) is 0 Å². The zero-order chi connectivity index (χ0) is 21.8. The number of aromatic nitrogens is 2. The molecule has 0 spiro atoms. The van der Waals surface area contributed by atoms with Crippen LogP contribution in [0.4, 0.5) is 11.6 Å². The van der Waals surface area contributed by atoms with Gasteiger partial charge in [-0.1, -0.05) is 29.5 Å². The number of hydrogen-bond donors (Lipinski definition) is 0. The predicted octanol–water partition coefficient (Wildman–Crippen LogP) is 3.81. The van der Waals surface area contributed by atoms with E-state index in [1.807, 2.05) is 36.1 Å². The number of benzene rings is 2. The Bertz CT molecular complexity index is 1080. The highest BCUT2D eigenvalue weighted by Gasteiger charge is 2.25. The Kier molecular flexibility index (Phi) is 6.13. The van der Waals surface area contributed by atoms with E-state index in [0.717, 1.165) is 10.5 Å². The molecule has 8 nitrogen and oxygen atoms in total. The van der Waals surface area contributed by atoms with Gasteiger partial charge in [-0.2, -0.15) is 0 Å². The van der Waals surface area contributed by atoms with E-state index < -0.39 is 4.92 Å². The van der Waals surface area contributed by atoms with Crippen LogP contribution in [0.5, 0.6) is 0 Å². The Morgan fingerprint density at radius 3 is 2.35 bits per heavy atom. The lowest BCUT2D eigenvalue weighted by Gasteiger charge is -2.34. The molecule has 31 heavy (non-hydrogen) atoms. The number of nitro groups is 1. The summed E-state index contributed by atoms with van der Waals surface area (Å²) in [5, 5.41) is 11.7. The minimum Gasteiger partial charge on any atom is -0.337 e. The molecule has 0 saturated carbocycles. The maximum atomic E-state index is 13.0. The van der Waals surface area contributed by atoms with E-state index in [4.69, 9.17) is 0 Å². The Hall–Kier alpha value is -3.46. The molecule has 1 aromatic heterocycles. The smallest absolute Gasteiger partial charge is 0.284 e. The SMILES string of the molecule is Cc1ccc(Sc2ccc(C(=O)N3CCN(c4ncccn4)CC3)cc2[N+](=O)[O-])cc1. The molecule has 9 heteroatoms. The van der Waals surface area contributed by atoms with Gasteiger partial charge in [0.1, 0.15) is 0 Å². The molecule has 1 aliphatic heterocycles. The zero-order valence-corrected chi connectivity index (χ0v) is 17.8. The molecule has 0 bridgehead atoms. The van der Waals surface area contributed by atoms with Crippen LogP contribution in [0.2, 0.25) is 0 Å². The van der Waals surface area contributed by atoms with Crippen molar-refractivity contribution < 1.29 is 9.72 Å². The summed E-state index contributed by atoms with van der Waals surface area (Å²) in [7, 11) is 0. The lowest BCUT2D eigenvalue weighted by Crippen LogP contribution is -2.49. The first kappa shape index (κ1) is 20.8. The summed E-state index contributed by atoms with van der Waals surface area (Å²) in [6.07, 6.45) is 3.38. The lowest BCUT2D eigenvalue weighted by atomic mass is 10.1. The van der Waals surface area contributed by atoms with Gasteiger partial charge in [0.2, 0.25) is 5.95 Å². The second-order valence-electron chi connectivity index (χ2n) is 7.18. The van der Waals surface area contributed by atoms with Crippen LogP contribution < -0.4 is 4.90 Å². The second-order valence-corrected chi connectivity index (χ2v) is 8.30. The molecule has 0 atom stereocenters. The highest BCUT2D eigenvalue weighted by Crippen LogP contribution is 2.35. The van der Waals surface area contributed by atoms with Crippen LogP contribution in [0, 0.1) is 17.0 Å². The molecule has 3 aromatic rings. The van der Waals surface area contributed by atoms with Crippen LogP contribution in [0.1, 0.15) is 15.9 Å². The predicted molar refractivity (Wildman–Crippen MR) is 119 cm³/mol. The topological polar surface area (TPSA) is 92.5 Å². The molecule has 1 saturated heterocycles. The highest BCUT2D eigenvalue weighted by atomic mass is 32.2. The molecule has 0 aliphatic carbocycles. The van der Waals surface area contributed by atoms with Crippen LogP contribution in [-0.4, -0.2) is 51.9 Å². The van der Waals surface area contributed by atoms with E-state index in [0.29, 0.717) is 42.6 Å². The van der Waals surface area contributed by atoms with E-state index in [9.17, 15) is 14.9 Å². The average Bonchev–Trinajstić information content (AvgIpc) is 2.81. The van der Waals surface area contributed by atoms with Crippen molar-refractivity contribution in [3.8, 4) is 0 Å². The van der Waals surface area contributed by atoms with Gasteiger partial charge in [0.05, 0.1) is 9.82 Å². The Morgan fingerprint density at radius 2 is 1.71 bits per heavy atom. The van der Waals surface area contributed by atoms with E-state index in [2.05, 4.69) is 9.97 Å². The molecule has 0 N–H and O–H groups in total. The molecule has 0 unspecified atom stereocenters. The summed E-state index contributed by atoms with van der Waals surface area (Å²) in [4.78, 5) is 37.8. The van der Waals surface area contributed by atoms with Crippen molar-refractivity contribution in [2.24, 2.45) is 0 Å². The van der Waals surface area contributed by atoms with Crippen LogP contribution in [0.25, 0.3) is 0 Å². The number of carbonyl (C=O) groups excluding carboxylic acids is 1. The van der Waals surface area contributed by atoms with E-state index in [1.54, 1.807) is 35.5 Å². The minimum absolute atomic E-state index is 0.0623. The van der Waals surface area contributed by atoms with Crippen molar-refractivity contribution in [1.29, 1.82) is 0 Å². The molecule has 1 aliphatic rings. The Morgan fingerprint density at radius 1 is 1.03 bits per heavy atom. The molecular formula is C22H21N5O3S. The molecular weight excluding hydrogens is 414 g/mol. The number of aryl methyl sites for hydroxylation is 1. The first-order valence-electron chi connectivity index (χ1n) is 9.85. The normalized spacial score (nSPS) is 13.8. The minimum atomic E-state index is -0.433. The number of rotatable bonds is 5. The van der Waals surface area contributed by atoms with Gasteiger partial charge in [-0.25, -0.2) is 9.97 Å². The fourth-order valence-electron chi connectivity index (χ4n) is 3.36. The Balaban J connectivity index is 1.48. The van der Waals surface area contributed by atoms with E-state index >= 15 is 0 Å². The number of nitro benzene ring substituents is 1.